The van der Waals surface area contributed by atoms with Crippen molar-refractivity contribution < 1.29 is 14.6 Å². The lowest BCUT2D eigenvalue weighted by atomic mass is 9.95. The molecule has 0 bridgehead atoms. The molecule has 1 N–H and O–H groups in total. The summed E-state index contributed by atoms with van der Waals surface area (Å²) in [6.07, 6.45) is 3.24. The largest absolute Gasteiger partial charge is 0.444 e. The third-order valence-electron chi connectivity index (χ3n) is 3.64. The average Bonchev–Trinajstić information content (AvgIpc) is 2.94. The Morgan fingerprint density at radius 3 is 2.47 bits per heavy atom. The van der Waals surface area contributed by atoms with E-state index in [1.807, 2.05) is 20.8 Å². The van der Waals surface area contributed by atoms with Gasteiger partial charge >= 0.3 is 6.09 Å². The van der Waals surface area contributed by atoms with Crippen molar-refractivity contribution in [1.29, 1.82) is 0 Å². The van der Waals surface area contributed by atoms with Crippen LogP contribution >= 0.6 is 0 Å². The number of likely N-dealkylation sites (tertiary alicyclic amines) is 1. The molecule has 0 aromatic heterocycles. The number of rotatable bonds is 2. The molecule has 4 nitrogen and oxygen atoms in total. The van der Waals surface area contributed by atoms with Crippen LogP contribution in [0.25, 0.3) is 0 Å². The summed E-state index contributed by atoms with van der Waals surface area (Å²) in [6.45, 7) is 6.38. The molecule has 1 saturated heterocycles. The molecular formula is C13H23NO3. The minimum absolute atomic E-state index is 0.0302. The number of aliphatic hydroxyl groups is 1. The Hall–Kier alpha value is -0.770. The van der Waals surface area contributed by atoms with Gasteiger partial charge in [0.15, 0.2) is 0 Å². The van der Waals surface area contributed by atoms with Crippen LogP contribution in [0.1, 0.15) is 40.0 Å². The van der Waals surface area contributed by atoms with E-state index in [-0.39, 0.29) is 18.7 Å². The molecule has 0 aromatic rings. The summed E-state index contributed by atoms with van der Waals surface area (Å²) in [6, 6.07) is -0.0302. The predicted octanol–water partition coefficient (Wildman–Crippen LogP) is 2.01. The number of hydrogen-bond donors (Lipinski definition) is 1. The van der Waals surface area contributed by atoms with Crippen LogP contribution in [0.2, 0.25) is 0 Å². The lowest BCUT2D eigenvalue weighted by Gasteiger charge is -2.29. The first-order valence-corrected chi connectivity index (χ1v) is 6.53. The van der Waals surface area contributed by atoms with E-state index in [4.69, 9.17) is 4.74 Å². The van der Waals surface area contributed by atoms with Crippen LogP contribution in [0.4, 0.5) is 4.79 Å². The zero-order chi connectivity index (χ0) is 12.6. The number of carbonyl (C=O) groups excluding carboxylic acids is 1. The Labute approximate surface area is 103 Å². The third kappa shape index (κ3) is 2.92. The standard InChI is InChI=1S/C13H23NO3/c1-13(2,3)17-12(16)14-7-6-10(9-4-5-9)11(14)8-15/h9-11,15H,4-8H2,1-3H3. The number of amides is 1. The maximum absolute atomic E-state index is 12.0. The summed E-state index contributed by atoms with van der Waals surface area (Å²) in [7, 11) is 0. The first kappa shape index (κ1) is 12.7. The van der Waals surface area contributed by atoms with Crippen LogP contribution in [0.5, 0.6) is 0 Å². The summed E-state index contributed by atoms with van der Waals surface area (Å²) in [5.41, 5.74) is -0.464. The highest BCUT2D eigenvalue weighted by atomic mass is 16.6. The van der Waals surface area contributed by atoms with Gasteiger partial charge in [0.1, 0.15) is 5.60 Å². The molecule has 2 atom stereocenters. The third-order valence-corrected chi connectivity index (χ3v) is 3.64. The summed E-state index contributed by atoms with van der Waals surface area (Å²) in [4.78, 5) is 13.7. The molecule has 2 fully saturated rings. The molecule has 4 heteroatoms. The number of carbonyl (C=O) groups is 1. The SMILES string of the molecule is CC(C)(C)OC(=O)N1CCC(C2CC2)C1CO. The highest BCUT2D eigenvalue weighted by Crippen LogP contribution is 2.44. The normalized spacial score (nSPS) is 29.5. The van der Waals surface area contributed by atoms with Crippen LogP contribution in [0.3, 0.4) is 0 Å². The monoisotopic (exact) mass is 241 g/mol. The van der Waals surface area contributed by atoms with Crippen molar-refractivity contribution in [2.75, 3.05) is 13.2 Å². The molecule has 0 spiro atoms. The molecule has 98 valence electrons. The predicted molar refractivity (Wildman–Crippen MR) is 64.6 cm³/mol. The number of aliphatic hydroxyl groups excluding tert-OH is 1. The van der Waals surface area contributed by atoms with Crippen LogP contribution in [-0.4, -0.2) is 40.9 Å². The van der Waals surface area contributed by atoms with Crippen molar-refractivity contribution in [1.82, 2.24) is 4.90 Å². The first-order valence-electron chi connectivity index (χ1n) is 6.53. The van der Waals surface area contributed by atoms with Crippen molar-refractivity contribution in [3.05, 3.63) is 0 Å². The Kier molecular flexibility index (Phi) is 3.34. The molecule has 2 rings (SSSR count). The van der Waals surface area contributed by atoms with Gasteiger partial charge in [0.25, 0.3) is 0 Å². The topological polar surface area (TPSA) is 49.8 Å². The average molecular weight is 241 g/mol. The van der Waals surface area contributed by atoms with E-state index in [9.17, 15) is 9.90 Å². The van der Waals surface area contributed by atoms with Gasteiger partial charge in [-0.15, -0.1) is 0 Å². The summed E-state index contributed by atoms with van der Waals surface area (Å²) >= 11 is 0. The van der Waals surface area contributed by atoms with Crippen LogP contribution in [0, 0.1) is 11.8 Å². The Balaban J connectivity index is 1.98. The van der Waals surface area contributed by atoms with Crippen LogP contribution in [-0.2, 0) is 4.74 Å². The zero-order valence-electron chi connectivity index (χ0n) is 11.0. The molecular weight excluding hydrogens is 218 g/mol. The highest BCUT2D eigenvalue weighted by Gasteiger charge is 2.45. The number of ether oxygens (including phenoxy) is 1. The smallest absolute Gasteiger partial charge is 0.410 e. The molecule has 1 saturated carbocycles. The van der Waals surface area contributed by atoms with E-state index in [1.54, 1.807) is 4.90 Å². The van der Waals surface area contributed by atoms with Gasteiger partial charge < -0.3 is 14.7 Å². The molecule has 2 aliphatic rings. The van der Waals surface area contributed by atoms with E-state index in [0.29, 0.717) is 5.92 Å². The highest BCUT2D eigenvalue weighted by molar-refractivity contribution is 5.69. The minimum Gasteiger partial charge on any atom is -0.444 e. The lowest BCUT2D eigenvalue weighted by molar-refractivity contribution is 0.0139. The number of nitrogens with zero attached hydrogens (tertiary/aromatic N) is 1. The molecule has 1 aliphatic carbocycles. The van der Waals surface area contributed by atoms with E-state index >= 15 is 0 Å². The van der Waals surface area contributed by atoms with Crippen molar-refractivity contribution in [3.8, 4) is 0 Å². The molecule has 0 radical (unpaired) electrons. The Morgan fingerprint density at radius 2 is 2.00 bits per heavy atom. The quantitative estimate of drug-likeness (QED) is 0.804. The summed E-state index contributed by atoms with van der Waals surface area (Å²) < 4.78 is 5.38. The van der Waals surface area contributed by atoms with E-state index in [0.717, 1.165) is 18.9 Å². The molecule has 17 heavy (non-hydrogen) atoms. The first-order chi connectivity index (χ1) is 7.92. The van der Waals surface area contributed by atoms with E-state index < -0.39 is 5.60 Å². The summed E-state index contributed by atoms with van der Waals surface area (Å²) in [5.74, 6) is 1.20. The van der Waals surface area contributed by atoms with E-state index in [2.05, 4.69) is 0 Å². The van der Waals surface area contributed by atoms with Gasteiger partial charge in [-0.1, -0.05) is 0 Å². The maximum atomic E-state index is 12.0. The molecule has 2 unspecified atom stereocenters. The fraction of sp³-hybridized carbons (Fsp3) is 0.923. The lowest BCUT2D eigenvalue weighted by Crippen LogP contribution is -2.43. The fourth-order valence-electron chi connectivity index (χ4n) is 2.73. The molecule has 0 aromatic carbocycles. The van der Waals surface area contributed by atoms with Gasteiger partial charge in [-0.25, -0.2) is 4.79 Å². The second-order valence-corrected chi connectivity index (χ2v) is 6.21. The van der Waals surface area contributed by atoms with Crippen LogP contribution < -0.4 is 0 Å². The van der Waals surface area contributed by atoms with Gasteiger partial charge in [-0.3, -0.25) is 0 Å². The van der Waals surface area contributed by atoms with Crippen molar-refractivity contribution >= 4 is 6.09 Å². The van der Waals surface area contributed by atoms with E-state index in [1.165, 1.54) is 12.8 Å². The summed E-state index contributed by atoms with van der Waals surface area (Å²) in [5, 5.41) is 9.48. The van der Waals surface area contributed by atoms with Gasteiger partial charge in [-0.2, -0.15) is 0 Å². The zero-order valence-corrected chi connectivity index (χ0v) is 11.0. The minimum atomic E-state index is -0.464. The van der Waals surface area contributed by atoms with Gasteiger partial charge in [0.05, 0.1) is 12.6 Å². The number of hydrogen-bond acceptors (Lipinski definition) is 3. The maximum Gasteiger partial charge on any atom is 0.410 e. The van der Waals surface area contributed by atoms with Gasteiger partial charge in [0, 0.05) is 6.54 Å². The van der Waals surface area contributed by atoms with Crippen molar-refractivity contribution in [2.45, 2.75) is 51.7 Å². The van der Waals surface area contributed by atoms with Crippen molar-refractivity contribution in [3.63, 3.8) is 0 Å². The second kappa shape index (κ2) is 4.48. The Morgan fingerprint density at radius 1 is 1.35 bits per heavy atom. The second-order valence-electron chi connectivity index (χ2n) is 6.21. The molecule has 1 aliphatic heterocycles. The van der Waals surface area contributed by atoms with Gasteiger partial charge in [-0.05, 0) is 51.9 Å². The van der Waals surface area contributed by atoms with Gasteiger partial charge in [0.2, 0.25) is 0 Å². The van der Waals surface area contributed by atoms with Crippen molar-refractivity contribution in [2.24, 2.45) is 11.8 Å². The van der Waals surface area contributed by atoms with Crippen LogP contribution in [0.15, 0.2) is 0 Å². The molecule has 1 amide bonds. The fourth-order valence-corrected chi connectivity index (χ4v) is 2.73. The Bertz CT molecular complexity index is 294. The molecule has 1 heterocycles.